The van der Waals surface area contributed by atoms with Crippen LogP contribution in [0.25, 0.3) is 0 Å². The van der Waals surface area contributed by atoms with Gasteiger partial charge in [0.05, 0.1) is 0 Å². The van der Waals surface area contributed by atoms with Crippen LogP contribution in [0.1, 0.15) is 63.5 Å². The molecular formula is C18H28N2O2. The van der Waals surface area contributed by atoms with E-state index in [0.717, 1.165) is 36.8 Å². The third-order valence-electron chi connectivity index (χ3n) is 3.52. The molecule has 4 nitrogen and oxygen atoms in total. The van der Waals surface area contributed by atoms with Crippen molar-refractivity contribution in [2.45, 2.75) is 65.5 Å². The highest BCUT2D eigenvalue weighted by Crippen LogP contribution is 2.05. The van der Waals surface area contributed by atoms with Gasteiger partial charge in [-0.15, -0.1) is 0 Å². The van der Waals surface area contributed by atoms with Crippen molar-refractivity contribution in [3.63, 3.8) is 0 Å². The fourth-order valence-electron chi connectivity index (χ4n) is 2.03. The normalized spacial score (nSPS) is 10.3. The van der Waals surface area contributed by atoms with E-state index in [4.69, 9.17) is 0 Å². The Hall–Kier alpha value is -1.84. The quantitative estimate of drug-likeness (QED) is 0.697. The number of carbonyl (C=O) groups excluding carboxylic acids is 2. The average molecular weight is 304 g/mol. The molecule has 0 unspecified atom stereocenters. The smallest absolute Gasteiger partial charge is 0.220 e. The largest absolute Gasteiger partial charge is 0.352 e. The fourth-order valence-corrected chi connectivity index (χ4v) is 2.03. The topological polar surface area (TPSA) is 58.2 Å². The molecule has 1 rings (SSSR count). The van der Waals surface area contributed by atoms with Crippen molar-refractivity contribution in [1.29, 1.82) is 0 Å². The molecule has 22 heavy (non-hydrogen) atoms. The maximum Gasteiger partial charge on any atom is 0.220 e. The van der Waals surface area contributed by atoms with Crippen LogP contribution in [-0.2, 0) is 22.7 Å². The summed E-state index contributed by atoms with van der Waals surface area (Å²) in [5.41, 5.74) is 2.15. The minimum absolute atomic E-state index is 0.106. The number of benzene rings is 1. The molecule has 0 aliphatic rings. The number of rotatable bonds is 10. The molecule has 0 atom stereocenters. The number of hydrogen-bond acceptors (Lipinski definition) is 2. The van der Waals surface area contributed by atoms with Gasteiger partial charge in [-0.25, -0.2) is 0 Å². The molecule has 1 aromatic rings. The van der Waals surface area contributed by atoms with Gasteiger partial charge in [0.25, 0.3) is 0 Å². The summed E-state index contributed by atoms with van der Waals surface area (Å²) in [5.74, 6) is 0.211. The standard InChI is InChI=1S/C18H28N2O2/c1-3-5-7-17(21)19-13-15-9-11-16(12-10-15)14-20-18(22)8-6-4-2/h9-12H,3-8,13-14H2,1-2H3,(H,19,21)(H,20,22). The molecule has 2 N–H and O–H groups in total. The summed E-state index contributed by atoms with van der Waals surface area (Å²) in [6, 6.07) is 7.97. The molecule has 4 heteroatoms. The van der Waals surface area contributed by atoms with Crippen LogP contribution in [0.3, 0.4) is 0 Å². The van der Waals surface area contributed by atoms with Crippen molar-refractivity contribution in [2.75, 3.05) is 0 Å². The fraction of sp³-hybridized carbons (Fsp3) is 0.556. The molecule has 0 fully saturated rings. The Kier molecular flexibility index (Phi) is 8.96. The van der Waals surface area contributed by atoms with Crippen molar-refractivity contribution in [1.82, 2.24) is 10.6 Å². The summed E-state index contributed by atoms with van der Waals surface area (Å²) in [4.78, 5) is 23.1. The summed E-state index contributed by atoms with van der Waals surface area (Å²) in [5, 5.41) is 5.84. The maximum atomic E-state index is 11.5. The zero-order valence-corrected chi connectivity index (χ0v) is 13.8. The first-order chi connectivity index (χ1) is 10.7. The van der Waals surface area contributed by atoms with Gasteiger partial charge >= 0.3 is 0 Å². The highest BCUT2D eigenvalue weighted by Gasteiger charge is 2.02. The number of hydrogen-bond donors (Lipinski definition) is 2. The van der Waals surface area contributed by atoms with Crippen LogP contribution in [0.4, 0.5) is 0 Å². The molecule has 0 saturated carbocycles. The second-order valence-electron chi connectivity index (χ2n) is 5.58. The van der Waals surface area contributed by atoms with E-state index in [1.165, 1.54) is 0 Å². The monoisotopic (exact) mass is 304 g/mol. The first-order valence-electron chi connectivity index (χ1n) is 8.27. The molecule has 0 saturated heterocycles. The molecule has 0 aliphatic carbocycles. The van der Waals surface area contributed by atoms with Gasteiger partial charge in [0.15, 0.2) is 0 Å². The minimum atomic E-state index is 0.106. The molecule has 0 aromatic heterocycles. The molecule has 0 heterocycles. The zero-order chi connectivity index (χ0) is 16.2. The molecule has 122 valence electrons. The zero-order valence-electron chi connectivity index (χ0n) is 13.8. The van der Waals surface area contributed by atoms with Gasteiger partial charge < -0.3 is 10.6 Å². The van der Waals surface area contributed by atoms with Gasteiger partial charge in [-0.05, 0) is 24.0 Å². The molecule has 1 aromatic carbocycles. The van der Waals surface area contributed by atoms with E-state index in [-0.39, 0.29) is 11.8 Å². The Morgan fingerprint density at radius 2 is 1.14 bits per heavy atom. The summed E-state index contributed by atoms with van der Waals surface area (Å²) < 4.78 is 0. The lowest BCUT2D eigenvalue weighted by Crippen LogP contribution is -2.23. The number of unbranched alkanes of at least 4 members (excludes halogenated alkanes) is 2. The van der Waals surface area contributed by atoms with Crippen molar-refractivity contribution in [3.8, 4) is 0 Å². The van der Waals surface area contributed by atoms with Crippen molar-refractivity contribution in [3.05, 3.63) is 35.4 Å². The lowest BCUT2D eigenvalue weighted by atomic mass is 10.1. The van der Waals surface area contributed by atoms with Gasteiger partial charge in [0.1, 0.15) is 0 Å². The number of carbonyl (C=O) groups is 2. The third-order valence-corrected chi connectivity index (χ3v) is 3.52. The van der Waals surface area contributed by atoms with Gasteiger partial charge in [-0.1, -0.05) is 51.0 Å². The minimum Gasteiger partial charge on any atom is -0.352 e. The SMILES string of the molecule is CCCCC(=O)NCc1ccc(CNC(=O)CCCC)cc1. The predicted octanol–water partition coefficient (Wildman–Crippen LogP) is 3.30. The Bertz CT molecular complexity index is 412. The molecule has 0 spiro atoms. The number of amides is 2. The summed E-state index contributed by atoms with van der Waals surface area (Å²) >= 11 is 0. The Morgan fingerprint density at radius 3 is 1.45 bits per heavy atom. The number of nitrogens with one attached hydrogen (secondary N) is 2. The highest BCUT2D eigenvalue weighted by molar-refractivity contribution is 5.76. The Labute approximate surface area is 133 Å². The van der Waals surface area contributed by atoms with Gasteiger partial charge in [-0.2, -0.15) is 0 Å². The van der Waals surface area contributed by atoms with E-state index < -0.39 is 0 Å². The second kappa shape index (κ2) is 10.8. The van der Waals surface area contributed by atoms with Crippen molar-refractivity contribution >= 4 is 11.8 Å². The van der Waals surface area contributed by atoms with Gasteiger partial charge in [0.2, 0.25) is 11.8 Å². The van der Waals surface area contributed by atoms with E-state index in [9.17, 15) is 9.59 Å². The lowest BCUT2D eigenvalue weighted by molar-refractivity contribution is -0.122. The van der Waals surface area contributed by atoms with Crippen LogP contribution in [-0.4, -0.2) is 11.8 Å². The van der Waals surface area contributed by atoms with Crippen LogP contribution in [0.5, 0.6) is 0 Å². The predicted molar refractivity (Wildman–Crippen MR) is 89.2 cm³/mol. The van der Waals surface area contributed by atoms with Crippen LogP contribution in [0, 0.1) is 0 Å². The summed E-state index contributed by atoms with van der Waals surface area (Å²) in [7, 11) is 0. The van der Waals surface area contributed by atoms with Crippen LogP contribution in [0.15, 0.2) is 24.3 Å². The molecular weight excluding hydrogens is 276 g/mol. The van der Waals surface area contributed by atoms with E-state index in [2.05, 4.69) is 24.5 Å². The first-order valence-corrected chi connectivity index (χ1v) is 8.27. The third kappa shape index (κ3) is 7.81. The maximum absolute atomic E-state index is 11.5. The summed E-state index contributed by atoms with van der Waals surface area (Å²) in [6.45, 7) is 5.28. The van der Waals surface area contributed by atoms with Crippen LogP contribution < -0.4 is 10.6 Å². The van der Waals surface area contributed by atoms with Crippen LogP contribution >= 0.6 is 0 Å². The van der Waals surface area contributed by atoms with Crippen molar-refractivity contribution < 1.29 is 9.59 Å². The highest BCUT2D eigenvalue weighted by atomic mass is 16.2. The lowest BCUT2D eigenvalue weighted by Gasteiger charge is -2.07. The Morgan fingerprint density at radius 1 is 0.773 bits per heavy atom. The average Bonchev–Trinajstić information content (AvgIpc) is 2.55. The van der Waals surface area contributed by atoms with E-state index in [0.29, 0.717) is 25.9 Å². The Balaban J connectivity index is 2.30. The van der Waals surface area contributed by atoms with E-state index in [1.807, 2.05) is 24.3 Å². The second-order valence-corrected chi connectivity index (χ2v) is 5.58. The van der Waals surface area contributed by atoms with E-state index >= 15 is 0 Å². The molecule has 2 amide bonds. The van der Waals surface area contributed by atoms with E-state index in [1.54, 1.807) is 0 Å². The molecule has 0 radical (unpaired) electrons. The summed E-state index contributed by atoms with van der Waals surface area (Å²) in [6.07, 6.45) is 5.12. The van der Waals surface area contributed by atoms with Gasteiger partial charge in [-0.3, -0.25) is 9.59 Å². The first kappa shape index (κ1) is 18.2. The van der Waals surface area contributed by atoms with Gasteiger partial charge in [0, 0.05) is 25.9 Å². The van der Waals surface area contributed by atoms with Crippen molar-refractivity contribution in [2.24, 2.45) is 0 Å². The molecule has 0 bridgehead atoms. The van der Waals surface area contributed by atoms with Crippen LogP contribution in [0.2, 0.25) is 0 Å². The molecule has 0 aliphatic heterocycles.